The molecule has 0 spiro atoms. The molecule has 0 aliphatic rings. The Balaban J connectivity index is 1.81. The number of nitrogens with one attached hydrogen (secondary N) is 2. The van der Waals surface area contributed by atoms with Gasteiger partial charge in [0.2, 0.25) is 0 Å². The molecule has 2 amide bonds. The number of ether oxygens (including phenoxy) is 1. The Morgan fingerprint density at radius 3 is 2.42 bits per heavy atom. The van der Waals surface area contributed by atoms with Crippen LogP contribution in [0.2, 0.25) is 5.02 Å². The summed E-state index contributed by atoms with van der Waals surface area (Å²) in [4.78, 5) is 35.6. The van der Waals surface area contributed by atoms with E-state index in [1.165, 1.54) is 37.3 Å². The van der Waals surface area contributed by atoms with E-state index in [4.69, 9.17) is 16.3 Å². The molecule has 0 aliphatic heterocycles. The Labute approximate surface area is 154 Å². The molecule has 2 rings (SSSR count). The Kier molecular flexibility index (Phi) is 6.68. The van der Waals surface area contributed by atoms with Crippen LogP contribution in [0.1, 0.15) is 17.3 Å². The van der Waals surface area contributed by atoms with Crippen LogP contribution in [-0.4, -0.2) is 30.4 Å². The van der Waals surface area contributed by atoms with Gasteiger partial charge in [0, 0.05) is 10.6 Å². The van der Waals surface area contributed by atoms with Crippen molar-refractivity contribution in [1.82, 2.24) is 5.32 Å². The molecule has 136 valence electrons. The quantitative estimate of drug-likeness (QED) is 0.757. The van der Waals surface area contributed by atoms with Crippen molar-refractivity contribution in [3.63, 3.8) is 0 Å². The highest BCUT2D eigenvalue weighted by molar-refractivity contribution is 6.30. The van der Waals surface area contributed by atoms with E-state index in [0.717, 1.165) is 0 Å². The van der Waals surface area contributed by atoms with Gasteiger partial charge in [0.25, 0.3) is 11.8 Å². The van der Waals surface area contributed by atoms with E-state index in [9.17, 15) is 18.8 Å². The smallest absolute Gasteiger partial charge is 0.326 e. The zero-order valence-corrected chi connectivity index (χ0v) is 14.5. The van der Waals surface area contributed by atoms with E-state index < -0.39 is 36.2 Å². The van der Waals surface area contributed by atoms with Crippen LogP contribution >= 0.6 is 11.6 Å². The fraction of sp³-hybridized carbons (Fsp3) is 0.167. The Bertz CT molecular complexity index is 811. The zero-order valence-electron chi connectivity index (χ0n) is 13.8. The molecule has 0 saturated heterocycles. The van der Waals surface area contributed by atoms with Crippen molar-refractivity contribution in [2.45, 2.75) is 13.0 Å². The molecule has 8 heteroatoms. The Morgan fingerprint density at radius 2 is 1.77 bits per heavy atom. The van der Waals surface area contributed by atoms with Gasteiger partial charge in [-0.3, -0.25) is 14.4 Å². The van der Waals surface area contributed by atoms with Crippen molar-refractivity contribution in [2.24, 2.45) is 0 Å². The van der Waals surface area contributed by atoms with E-state index in [2.05, 4.69) is 10.6 Å². The molecule has 0 bridgehead atoms. The van der Waals surface area contributed by atoms with Crippen molar-refractivity contribution in [1.29, 1.82) is 0 Å². The molecule has 0 aliphatic carbocycles. The number of esters is 1. The van der Waals surface area contributed by atoms with Gasteiger partial charge in [0.1, 0.15) is 12.4 Å². The summed E-state index contributed by atoms with van der Waals surface area (Å²) < 4.78 is 18.4. The van der Waals surface area contributed by atoms with Gasteiger partial charge in [-0.05, 0) is 43.3 Å². The summed E-state index contributed by atoms with van der Waals surface area (Å²) in [5.74, 6) is -2.58. The van der Waals surface area contributed by atoms with Crippen LogP contribution in [0.3, 0.4) is 0 Å². The van der Waals surface area contributed by atoms with Gasteiger partial charge < -0.3 is 15.4 Å². The maximum absolute atomic E-state index is 13.5. The van der Waals surface area contributed by atoms with Gasteiger partial charge in [0.05, 0.1) is 5.69 Å². The van der Waals surface area contributed by atoms with E-state index in [0.29, 0.717) is 10.6 Å². The summed E-state index contributed by atoms with van der Waals surface area (Å²) in [6.07, 6.45) is -1.16. The maximum Gasteiger partial charge on any atom is 0.326 e. The summed E-state index contributed by atoms with van der Waals surface area (Å²) in [5, 5.41) is 5.18. The normalized spacial score (nSPS) is 11.3. The van der Waals surface area contributed by atoms with E-state index in [1.54, 1.807) is 18.2 Å². The molecule has 2 aromatic carbocycles. The van der Waals surface area contributed by atoms with E-state index >= 15 is 0 Å². The lowest BCUT2D eigenvalue weighted by molar-refractivity contribution is -0.152. The zero-order chi connectivity index (χ0) is 19.1. The number of benzene rings is 2. The van der Waals surface area contributed by atoms with Gasteiger partial charge in [-0.25, -0.2) is 4.39 Å². The first-order valence-corrected chi connectivity index (χ1v) is 8.03. The average Bonchev–Trinajstić information content (AvgIpc) is 2.62. The lowest BCUT2D eigenvalue weighted by atomic mass is 10.2. The summed E-state index contributed by atoms with van der Waals surface area (Å²) in [5.41, 5.74) is 0.309. The van der Waals surface area contributed by atoms with Gasteiger partial charge in [-0.15, -0.1) is 0 Å². The molecule has 0 heterocycles. The third-order valence-electron chi connectivity index (χ3n) is 3.31. The number of carbonyl (C=O) groups is 3. The number of halogens is 2. The molecule has 2 aromatic rings. The second kappa shape index (κ2) is 8.96. The number of anilines is 1. The molecule has 0 aromatic heterocycles. The van der Waals surface area contributed by atoms with Gasteiger partial charge >= 0.3 is 5.97 Å². The van der Waals surface area contributed by atoms with Crippen molar-refractivity contribution in [2.75, 3.05) is 11.9 Å². The minimum atomic E-state index is -1.16. The molecule has 26 heavy (non-hydrogen) atoms. The predicted octanol–water partition coefficient (Wildman–Crippen LogP) is 2.78. The summed E-state index contributed by atoms with van der Waals surface area (Å²) >= 11 is 5.73. The molecule has 2 N–H and O–H groups in total. The second-order valence-electron chi connectivity index (χ2n) is 5.29. The van der Waals surface area contributed by atoms with Crippen LogP contribution in [0.5, 0.6) is 0 Å². The number of amides is 2. The first-order chi connectivity index (χ1) is 12.4. The monoisotopic (exact) mass is 378 g/mol. The number of para-hydroxylation sites is 1. The average molecular weight is 379 g/mol. The summed E-state index contributed by atoms with van der Waals surface area (Å²) in [6.45, 7) is 0.924. The lowest BCUT2D eigenvalue weighted by Gasteiger charge is -2.14. The fourth-order valence-corrected chi connectivity index (χ4v) is 2.07. The highest BCUT2D eigenvalue weighted by Crippen LogP contribution is 2.13. The van der Waals surface area contributed by atoms with Crippen LogP contribution in [0, 0.1) is 5.82 Å². The minimum Gasteiger partial charge on any atom is -0.451 e. The third-order valence-corrected chi connectivity index (χ3v) is 3.56. The highest BCUT2D eigenvalue weighted by Gasteiger charge is 2.19. The first-order valence-electron chi connectivity index (χ1n) is 7.65. The van der Waals surface area contributed by atoms with Crippen molar-refractivity contribution >= 4 is 35.1 Å². The standard InChI is InChI=1S/C18H16ClFN2O4/c1-11(17(24)22-15-5-3-2-4-14(15)20)26-16(23)10-21-18(25)12-6-8-13(19)9-7-12/h2-9,11H,10H2,1H3,(H,21,25)(H,22,24)/t11-/m0/s1. The molecular weight excluding hydrogens is 363 g/mol. The number of rotatable bonds is 6. The van der Waals surface area contributed by atoms with Crippen LogP contribution in [-0.2, 0) is 14.3 Å². The Hall–Kier alpha value is -2.93. The molecule has 6 nitrogen and oxygen atoms in total. The number of carbonyl (C=O) groups excluding carboxylic acids is 3. The minimum absolute atomic E-state index is 0.0172. The summed E-state index contributed by atoms with van der Waals surface area (Å²) in [6, 6.07) is 11.7. The second-order valence-corrected chi connectivity index (χ2v) is 5.73. The van der Waals surface area contributed by atoms with E-state index in [1.807, 2.05) is 0 Å². The fourth-order valence-electron chi connectivity index (χ4n) is 1.95. The largest absolute Gasteiger partial charge is 0.451 e. The maximum atomic E-state index is 13.5. The SMILES string of the molecule is C[C@H](OC(=O)CNC(=O)c1ccc(Cl)cc1)C(=O)Nc1ccccc1F. The van der Waals surface area contributed by atoms with Crippen molar-refractivity contribution in [3.05, 3.63) is 64.9 Å². The molecule has 0 saturated carbocycles. The topological polar surface area (TPSA) is 84.5 Å². The molecule has 1 atom stereocenters. The van der Waals surface area contributed by atoms with Gasteiger partial charge in [-0.2, -0.15) is 0 Å². The predicted molar refractivity (Wildman–Crippen MR) is 94.4 cm³/mol. The molecule has 0 unspecified atom stereocenters. The number of hydrogen-bond acceptors (Lipinski definition) is 4. The van der Waals surface area contributed by atoms with Crippen LogP contribution in [0.25, 0.3) is 0 Å². The van der Waals surface area contributed by atoms with Gasteiger partial charge in [-0.1, -0.05) is 23.7 Å². The van der Waals surface area contributed by atoms with Crippen LogP contribution in [0.15, 0.2) is 48.5 Å². The number of hydrogen-bond donors (Lipinski definition) is 2. The van der Waals surface area contributed by atoms with Crippen molar-refractivity contribution < 1.29 is 23.5 Å². The van der Waals surface area contributed by atoms with Crippen LogP contribution < -0.4 is 10.6 Å². The molecule has 0 radical (unpaired) electrons. The third kappa shape index (κ3) is 5.56. The summed E-state index contributed by atoms with van der Waals surface area (Å²) in [7, 11) is 0. The van der Waals surface area contributed by atoms with Gasteiger partial charge in [0.15, 0.2) is 6.10 Å². The highest BCUT2D eigenvalue weighted by atomic mass is 35.5. The molecule has 0 fully saturated rings. The molecular formula is C18H16ClFN2O4. The van der Waals surface area contributed by atoms with Crippen molar-refractivity contribution in [3.8, 4) is 0 Å². The Morgan fingerprint density at radius 1 is 1.12 bits per heavy atom. The lowest BCUT2D eigenvalue weighted by Crippen LogP contribution is -2.36. The van der Waals surface area contributed by atoms with Crippen LogP contribution in [0.4, 0.5) is 10.1 Å². The van der Waals surface area contributed by atoms with E-state index in [-0.39, 0.29) is 5.69 Å². The first kappa shape index (κ1) is 19.4.